The Morgan fingerprint density at radius 3 is 2.73 bits per heavy atom. The zero-order chi connectivity index (χ0) is 21.7. The van der Waals surface area contributed by atoms with Crippen molar-refractivity contribution >= 4 is 23.6 Å². The van der Waals surface area contributed by atoms with Gasteiger partial charge in [-0.3, -0.25) is 9.59 Å². The van der Waals surface area contributed by atoms with Crippen LogP contribution in [0, 0.1) is 0 Å². The van der Waals surface area contributed by atoms with Crippen LogP contribution in [0.2, 0.25) is 0 Å². The van der Waals surface area contributed by atoms with Crippen molar-refractivity contribution in [3.05, 3.63) is 23.8 Å². The van der Waals surface area contributed by atoms with Crippen LogP contribution in [-0.2, 0) is 16.1 Å². The molecule has 0 aliphatic carbocycles. The summed E-state index contributed by atoms with van der Waals surface area (Å²) in [5, 5.41) is 0. The van der Waals surface area contributed by atoms with Crippen molar-refractivity contribution in [3.8, 4) is 11.5 Å². The normalized spacial score (nSPS) is 22.9. The van der Waals surface area contributed by atoms with Crippen molar-refractivity contribution in [1.82, 2.24) is 9.80 Å². The summed E-state index contributed by atoms with van der Waals surface area (Å²) in [5.74, 6) is 2.28. The second-order valence-electron chi connectivity index (χ2n) is 8.09. The minimum atomic E-state index is -0.361. The van der Waals surface area contributed by atoms with E-state index >= 15 is 0 Å². The highest BCUT2D eigenvalue weighted by molar-refractivity contribution is 8.01. The van der Waals surface area contributed by atoms with Gasteiger partial charge in [0.2, 0.25) is 11.8 Å². The fourth-order valence-electron chi connectivity index (χ4n) is 4.22. The Labute approximate surface area is 184 Å². The molecule has 0 radical (unpaired) electrons. The fourth-order valence-corrected chi connectivity index (χ4v) is 5.65. The Bertz CT molecular complexity index is 772. The van der Waals surface area contributed by atoms with Crippen molar-refractivity contribution in [2.24, 2.45) is 0 Å². The maximum absolute atomic E-state index is 13.5. The summed E-state index contributed by atoms with van der Waals surface area (Å²) in [6.07, 6.45) is 3.16. The number of fused-ring (bicyclic) bond motifs is 1. The highest BCUT2D eigenvalue weighted by Crippen LogP contribution is 2.47. The molecule has 1 aromatic carbocycles. The number of hydrogen-bond donors (Lipinski definition) is 0. The van der Waals surface area contributed by atoms with E-state index in [0.717, 1.165) is 30.6 Å². The van der Waals surface area contributed by atoms with Gasteiger partial charge in [-0.25, -0.2) is 0 Å². The smallest absolute Gasteiger partial charge is 0.246 e. The molecule has 166 valence electrons. The van der Waals surface area contributed by atoms with Crippen LogP contribution in [0.25, 0.3) is 0 Å². The molecular formula is C23H34N2O4S. The molecule has 2 heterocycles. The fraction of sp³-hybridized carbons (Fsp3) is 0.652. The number of nitrogens with zero attached hydrogens (tertiary/aromatic N) is 2. The molecule has 0 saturated carbocycles. The summed E-state index contributed by atoms with van der Waals surface area (Å²) >= 11 is 1.74. The summed E-state index contributed by atoms with van der Waals surface area (Å²) in [5.41, 5.74) is 1.00. The van der Waals surface area contributed by atoms with Gasteiger partial charge in [0.1, 0.15) is 6.04 Å². The number of benzene rings is 1. The topological polar surface area (TPSA) is 59.1 Å². The third-order valence-electron chi connectivity index (χ3n) is 5.68. The maximum Gasteiger partial charge on any atom is 0.246 e. The van der Waals surface area contributed by atoms with E-state index in [-0.39, 0.29) is 22.7 Å². The van der Waals surface area contributed by atoms with E-state index < -0.39 is 0 Å². The van der Waals surface area contributed by atoms with Crippen molar-refractivity contribution in [2.75, 3.05) is 25.5 Å². The van der Waals surface area contributed by atoms with Crippen molar-refractivity contribution < 1.29 is 19.1 Å². The minimum Gasteiger partial charge on any atom is -0.490 e. The number of carbonyl (C=O) groups excluding carboxylic acids is 2. The van der Waals surface area contributed by atoms with Gasteiger partial charge >= 0.3 is 0 Å². The number of carbonyl (C=O) groups is 2. The van der Waals surface area contributed by atoms with E-state index in [0.29, 0.717) is 44.2 Å². The van der Waals surface area contributed by atoms with Gasteiger partial charge in [-0.1, -0.05) is 19.9 Å². The molecule has 2 unspecified atom stereocenters. The van der Waals surface area contributed by atoms with Gasteiger partial charge in [0.25, 0.3) is 0 Å². The Kier molecular flexibility index (Phi) is 7.55. The molecule has 2 fully saturated rings. The lowest BCUT2D eigenvalue weighted by Gasteiger charge is -2.33. The quantitative estimate of drug-likeness (QED) is 0.556. The van der Waals surface area contributed by atoms with Crippen molar-refractivity contribution in [3.63, 3.8) is 0 Å². The van der Waals surface area contributed by atoms with Crippen LogP contribution in [0.1, 0.15) is 58.9 Å². The molecule has 2 saturated heterocycles. The minimum absolute atomic E-state index is 0.0487. The second kappa shape index (κ2) is 9.94. The van der Waals surface area contributed by atoms with Gasteiger partial charge in [-0.05, 0) is 50.8 Å². The second-order valence-corrected chi connectivity index (χ2v) is 9.59. The van der Waals surface area contributed by atoms with Gasteiger partial charge in [0.15, 0.2) is 11.5 Å². The number of amides is 2. The number of hydrogen-bond acceptors (Lipinski definition) is 5. The van der Waals surface area contributed by atoms with E-state index in [1.54, 1.807) is 11.8 Å². The lowest BCUT2D eigenvalue weighted by molar-refractivity contribution is -0.144. The van der Waals surface area contributed by atoms with E-state index in [4.69, 9.17) is 9.47 Å². The molecule has 0 N–H and O–H groups in total. The molecule has 1 aromatic rings. The monoisotopic (exact) mass is 434 g/mol. The van der Waals surface area contributed by atoms with E-state index in [1.807, 2.05) is 34.9 Å². The summed E-state index contributed by atoms with van der Waals surface area (Å²) < 4.78 is 11.6. The SMILES string of the molecule is CCCOc1ccc(CN(CCC)C(=O)C2CSC3(C)CCC(=O)N23)cc1OCC. The summed E-state index contributed by atoms with van der Waals surface area (Å²) in [7, 11) is 0. The van der Waals surface area contributed by atoms with Gasteiger partial charge < -0.3 is 19.3 Å². The average molecular weight is 435 g/mol. The first kappa shape index (κ1) is 22.8. The highest BCUT2D eigenvalue weighted by Gasteiger charge is 2.53. The molecule has 2 amide bonds. The Morgan fingerprint density at radius 1 is 1.23 bits per heavy atom. The lowest BCUT2D eigenvalue weighted by atomic mass is 10.1. The first-order valence-corrected chi connectivity index (χ1v) is 12.1. The molecule has 3 rings (SSSR count). The zero-order valence-electron chi connectivity index (χ0n) is 18.6. The largest absolute Gasteiger partial charge is 0.490 e. The molecule has 2 aliphatic heterocycles. The first-order chi connectivity index (χ1) is 14.4. The van der Waals surface area contributed by atoms with E-state index in [2.05, 4.69) is 20.8 Å². The molecule has 30 heavy (non-hydrogen) atoms. The third-order valence-corrected chi connectivity index (χ3v) is 7.18. The Hall–Kier alpha value is -1.89. The first-order valence-electron chi connectivity index (χ1n) is 11.1. The number of thioether (sulfide) groups is 1. The van der Waals surface area contributed by atoms with Crippen LogP contribution >= 0.6 is 11.8 Å². The van der Waals surface area contributed by atoms with Crippen LogP contribution in [0.3, 0.4) is 0 Å². The van der Waals surface area contributed by atoms with Gasteiger partial charge in [-0.2, -0.15) is 0 Å². The molecule has 0 spiro atoms. The molecular weight excluding hydrogens is 400 g/mol. The molecule has 2 atom stereocenters. The molecule has 0 aromatic heterocycles. The predicted octanol–water partition coefficient (Wildman–Crippen LogP) is 4.07. The number of rotatable bonds is 10. The molecule has 7 heteroatoms. The zero-order valence-corrected chi connectivity index (χ0v) is 19.4. The average Bonchev–Trinajstić information content (AvgIpc) is 3.22. The Balaban J connectivity index is 1.77. The van der Waals surface area contributed by atoms with E-state index in [1.165, 1.54) is 0 Å². The van der Waals surface area contributed by atoms with Gasteiger partial charge in [-0.15, -0.1) is 11.8 Å². The standard InChI is InChI=1S/C23H34N2O4S/c1-5-12-24(22(27)18-16-30-23(4)11-10-21(26)25(18)23)15-17-8-9-19(29-13-6-2)20(14-17)28-7-3/h8-9,14,18H,5-7,10-13,15-16H2,1-4H3. The van der Waals surface area contributed by atoms with Crippen LogP contribution in [-0.4, -0.2) is 58.0 Å². The van der Waals surface area contributed by atoms with Gasteiger partial charge in [0.05, 0.1) is 18.1 Å². The number of ether oxygens (including phenoxy) is 2. The van der Waals surface area contributed by atoms with E-state index in [9.17, 15) is 9.59 Å². The lowest BCUT2D eigenvalue weighted by Crippen LogP contribution is -2.51. The summed E-state index contributed by atoms with van der Waals surface area (Å²) in [6.45, 7) is 10.5. The maximum atomic E-state index is 13.5. The third kappa shape index (κ3) is 4.71. The van der Waals surface area contributed by atoms with Crippen LogP contribution in [0.15, 0.2) is 18.2 Å². The highest BCUT2D eigenvalue weighted by atomic mass is 32.2. The summed E-state index contributed by atoms with van der Waals surface area (Å²) in [4.78, 5) is 29.4. The van der Waals surface area contributed by atoms with Crippen LogP contribution < -0.4 is 9.47 Å². The van der Waals surface area contributed by atoms with Crippen LogP contribution in [0.5, 0.6) is 11.5 Å². The summed E-state index contributed by atoms with van der Waals surface area (Å²) in [6, 6.07) is 5.54. The molecule has 0 bridgehead atoms. The molecule has 2 aliphatic rings. The Morgan fingerprint density at radius 2 is 2.03 bits per heavy atom. The van der Waals surface area contributed by atoms with Crippen LogP contribution in [0.4, 0.5) is 0 Å². The molecule has 6 nitrogen and oxygen atoms in total. The predicted molar refractivity (Wildman–Crippen MR) is 120 cm³/mol. The van der Waals surface area contributed by atoms with Crippen molar-refractivity contribution in [1.29, 1.82) is 0 Å². The van der Waals surface area contributed by atoms with Crippen molar-refractivity contribution in [2.45, 2.75) is 70.8 Å². The van der Waals surface area contributed by atoms with Gasteiger partial charge in [0, 0.05) is 25.3 Å².